The summed E-state index contributed by atoms with van der Waals surface area (Å²) in [4.78, 5) is 15.3. The highest BCUT2D eigenvalue weighted by atomic mass is 32.2. The summed E-state index contributed by atoms with van der Waals surface area (Å²) in [6.07, 6.45) is 0. The average Bonchev–Trinajstić information content (AvgIpc) is 2.84. The van der Waals surface area contributed by atoms with E-state index >= 15 is 0 Å². The number of hydrogen-bond acceptors (Lipinski definition) is 7. The highest BCUT2D eigenvalue weighted by molar-refractivity contribution is 7.88. The first-order valence-electron chi connectivity index (χ1n) is 12.4. The largest absolute Gasteiger partial charge is 0.543 e. The monoisotopic (exact) mass is 593 g/mol. The molecule has 0 aromatic heterocycles. The molecule has 0 fully saturated rings. The molecule has 0 radical (unpaired) electrons. The summed E-state index contributed by atoms with van der Waals surface area (Å²) in [5.41, 5.74) is -4.39. The van der Waals surface area contributed by atoms with E-state index in [0.717, 1.165) is 6.07 Å². The second kappa shape index (κ2) is 10.1. The molecular formula is C28H30F3NO6SSi. The Kier molecular flexibility index (Phi) is 7.48. The topological polar surface area (TPSA) is 82.1 Å². The highest BCUT2D eigenvalue weighted by Crippen LogP contribution is 2.49. The summed E-state index contributed by atoms with van der Waals surface area (Å²) >= 11 is 0. The van der Waals surface area contributed by atoms with Gasteiger partial charge in [-0.3, -0.25) is 4.79 Å². The molecule has 0 aliphatic carbocycles. The van der Waals surface area contributed by atoms with E-state index in [1.165, 1.54) is 6.07 Å². The first kappa shape index (κ1) is 29.5. The number of fused-ring (bicyclic) bond motifs is 2. The van der Waals surface area contributed by atoms with Gasteiger partial charge in [0, 0.05) is 24.0 Å². The van der Waals surface area contributed by atoms with Crippen molar-refractivity contribution < 1.29 is 39.7 Å². The van der Waals surface area contributed by atoms with Crippen molar-refractivity contribution in [1.29, 1.82) is 0 Å². The van der Waals surface area contributed by atoms with Crippen molar-refractivity contribution in [3.63, 3.8) is 0 Å². The molecule has 0 saturated heterocycles. The van der Waals surface area contributed by atoms with Gasteiger partial charge in [-0.1, -0.05) is 45.0 Å². The van der Waals surface area contributed by atoms with E-state index in [0.29, 0.717) is 22.7 Å². The summed E-state index contributed by atoms with van der Waals surface area (Å²) < 4.78 is 79.9. The van der Waals surface area contributed by atoms with E-state index in [2.05, 4.69) is 38.0 Å². The molecule has 1 atom stereocenters. The van der Waals surface area contributed by atoms with Gasteiger partial charge in [0.2, 0.25) is 8.32 Å². The van der Waals surface area contributed by atoms with Crippen LogP contribution in [0.15, 0.2) is 66.7 Å². The Morgan fingerprint density at radius 1 is 0.875 bits per heavy atom. The van der Waals surface area contributed by atoms with Crippen molar-refractivity contribution in [3.05, 3.63) is 77.9 Å². The fourth-order valence-corrected chi connectivity index (χ4v) is 5.63. The Balaban J connectivity index is 1.72. The standard InChI is InChI=1S/C28H30F3NO6SSi/c1-27(2,3)40(5,6)38-19-16-14-18(15-17-19)36-26(33)24-20-10-7-8-11-21(20)32(4)22-12-9-13-23(25(22)24)37-39(34,35)28(29,30)31/h7-17,24H,1-6H3. The van der Waals surface area contributed by atoms with Crippen LogP contribution < -0.4 is 18.2 Å². The quantitative estimate of drug-likeness (QED) is 0.0990. The van der Waals surface area contributed by atoms with Crippen molar-refractivity contribution in [1.82, 2.24) is 0 Å². The Labute approximate surface area is 232 Å². The fourth-order valence-electron chi connectivity index (χ4n) is 4.12. The van der Waals surface area contributed by atoms with E-state index in [1.807, 2.05) is 0 Å². The lowest BCUT2D eigenvalue weighted by Crippen LogP contribution is -2.43. The number of ether oxygens (including phenoxy) is 1. The SMILES string of the molecule is CN1c2ccccc2C(C(=O)Oc2ccc(O[Si](C)(C)C(C)(C)C)cc2)c2c(OS(=O)(=O)C(F)(F)F)cccc21. The second-order valence-corrected chi connectivity index (χ2v) is 17.2. The number of halogens is 3. The first-order chi connectivity index (χ1) is 18.4. The Morgan fingerprint density at radius 2 is 1.45 bits per heavy atom. The molecule has 214 valence electrons. The maximum atomic E-state index is 13.7. The molecular weight excluding hydrogens is 563 g/mol. The number of benzene rings is 3. The van der Waals surface area contributed by atoms with E-state index in [-0.39, 0.29) is 16.4 Å². The summed E-state index contributed by atoms with van der Waals surface area (Å²) in [6, 6.07) is 17.3. The van der Waals surface area contributed by atoms with E-state index in [1.54, 1.807) is 66.5 Å². The van der Waals surface area contributed by atoms with Crippen LogP contribution in [0.3, 0.4) is 0 Å². The van der Waals surface area contributed by atoms with Crippen molar-refractivity contribution in [3.8, 4) is 17.2 Å². The van der Waals surface area contributed by atoms with Gasteiger partial charge in [-0.15, -0.1) is 0 Å². The molecule has 3 aromatic carbocycles. The fraction of sp³-hybridized carbons (Fsp3) is 0.321. The van der Waals surface area contributed by atoms with Crippen LogP contribution in [0, 0.1) is 0 Å². The molecule has 1 heterocycles. The van der Waals surface area contributed by atoms with Crippen molar-refractivity contribution in [2.45, 2.75) is 50.3 Å². The highest BCUT2D eigenvalue weighted by Gasteiger charge is 2.49. The molecule has 0 saturated carbocycles. The third-order valence-corrected chi connectivity index (χ3v) is 12.6. The predicted molar refractivity (Wildman–Crippen MR) is 148 cm³/mol. The van der Waals surface area contributed by atoms with Crippen molar-refractivity contribution in [2.75, 3.05) is 11.9 Å². The van der Waals surface area contributed by atoms with Crippen LogP contribution in [0.25, 0.3) is 0 Å². The Bertz CT molecular complexity index is 1530. The Morgan fingerprint density at radius 3 is 2.05 bits per heavy atom. The van der Waals surface area contributed by atoms with Gasteiger partial charge in [0.05, 0.1) is 0 Å². The number of carbonyl (C=O) groups excluding carboxylic acids is 1. The van der Waals surface area contributed by atoms with Crippen LogP contribution in [0.5, 0.6) is 17.2 Å². The molecule has 40 heavy (non-hydrogen) atoms. The number of nitrogens with zero attached hydrogens (tertiary/aromatic N) is 1. The van der Waals surface area contributed by atoms with E-state index in [4.69, 9.17) is 9.16 Å². The van der Waals surface area contributed by atoms with Gasteiger partial charge in [-0.05, 0) is 66.2 Å². The molecule has 1 aliphatic heterocycles. The van der Waals surface area contributed by atoms with Gasteiger partial charge in [0.1, 0.15) is 23.2 Å². The molecule has 1 aliphatic rings. The van der Waals surface area contributed by atoms with Crippen LogP contribution in [-0.2, 0) is 14.9 Å². The minimum absolute atomic E-state index is 0.0214. The van der Waals surface area contributed by atoms with Crippen LogP contribution >= 0.6 is 0 Å². The van der Waals surface area contributed by atoms with Crippen LogP contribution in [0.2, 0.25) is 18.1 Å². The van der Waals surface area contributed by atoms with Gasteiger partial charge in [0.25, 0.3) is 0 Å². The maximum absolute atomic E-state index is 13.7. The van der Waals surface area contributed by atoms with Gasteiger partial charge < -0.3 is 18.2 Å². The third-order valence-electron chi connectivity index (χ3n) is 7.24. The lowest BCUT2D eigenvalue weighted by molar-refractivity contribution is -0.135. The Hall–Kier alpha value is -3.51. The number of esters is 1. The van der Waals surface area contributed by atoms with E-state index in [9.17, 15) is 26.4 Å². The zero-order chi connectivity index (χ0) is 29.7. The molecule has 1 unspecified atom stereocenters. The number of hydrogen-bond donors (Lipinski definition) is 0. The number of para-hydroxylation sites is 1. The molecule has 0 bridgehead atoms. The zero-order valence-electron chi connectivity index (χ0n) is 22.9. The molecule has 0 spiro atoms. The normalized spacial score (nSPS) is 15.6. The summed E-state index contributed by atoms with van der Waals surface area (Å²) in [7, 11) is -6.45. The van der Waals surface area contributed by atoms with Crippen molar-refractivity contribution in [2.24, 2.45) is 0 Å². The average molecular weight is 594 g/mol. The number of alkyl halides is 3. The molecule has 7 nitrogen and oxygen atoms in total. The first-order valence-corrected chi connectivity index (χ1v) is 16.7. The van der Waals surface area contributed by atoms with E-state index < -0.39 is 41.6 Å². The smallest absolute Gasteiger partial charge is 0.534 e. The molecule has 3 aromatic rings. The number of anilines is 2. The van der Waals surface area contributed by atoms with Gasteiger partial charge in [-0.2, -0.15) is 21.6 Å². The minimum atomic E-state index is -6.00. The maximum Gasteiger partial charge on any atom is 0.534 e. The summed E-state index contributed by atoms with van der Waals surface area (Å²) in [5, 5.41) is -0.0214. The lowest BCUT2D eigenvalue weighted by atomic mass is 9.84. The van der Waals surface area contributed by atoms with Gasteiger partial charge >= 0.3 is 21.6 Å². The zero-order valence-corrected chi connectivity index (χ0v) is 24.7. The van der Waals surface area contributed by atoms with Crippen LogP contribution in [-0.4, -0.2) is 35.3 Å². The number of rotatable bonds is 6. The van der Waals surface area contributed by atoms with Crippen molar-refractivity contribution >= 4 is 35.8 Å². The lowest BCUT2D eigenvalue weighted by Gasteiger charge is -2.36. The molecule has 0 amide bonds. The van der Waals surface area contributed by atoms with Gasteiger partial charge in [0.15, 0.2) is 0 Å². The molecule has 0 N–H and O–H groups in total. The second-order valence-electron chi connectivity index (χ2n) is 11.0. The molecule has 4 rings (SSSR count). The van der Waals surface area contributed by atoms with Crippen LogP contribution in [0.4, 0.5) is 24.5 Å². The third kappa shape index (κ3) is 5.55. The molecule has 12 heteroatoms. The number of carbonyl (C=O) groups is 1. The minimum Gasteiger partial charge on any atom is -0.543 e. The summed E-state index contributed by atoms with van der Waals surface area (Å²) in [5.74, 6) is -1.90. The summed E-state index contributed by atoms with van der Waals surface area (Å²) in [6.45, 7) is 10.6. The predicted octanol–water partition coefficient (Wildman–Crippen LogP) is 7.12. The van der Waals surface area contributed by atoms with Crippen LogP contribution in [0.1, 0.15) is 37.8 Å². The van der Waals surface area contributed by atoms with Gasteiger partial charge in [-0.25, -0.2) is 0 Å².